The zero-order valence-corrected chi connectivity index (χ0v) is 12.8. The van der Waals surface area contributed by atoms with E-state index in [0.29, 0.717) is 6.04 Å². The van der Waals surface area contributed by atoms with Crippen molar-refractivity contribution in [1.82, 2.24) is 0 Å². The maximum atomic E-state index is 6.49. The van der Waals surface area contributed by atoms with Crippen LogP contribution < -0.4 is 5.73 Å². The normalized spacial score (nSPS) is 22.8. The largest absolute Gasteiger partial charge is 0.323 e. The fourth-order valence-electron chi connectivity index (χ4n) is 3.77. The zero-order valence-electron chi connectivity index (χ0n) is 12.0. The minimum absolute atomic E-state index is 0.306. The highest BCUT2D eigenvalue weighted by Gasteiger charge is 2.20. The van der Waals surface area contributed by atoms with Crippen molar-refractivity contribution in [3.63, 3.8) is 0 Å². The Bertz CT molecular complexity index is 380. The molecular weight excluding hydrogens is 250 g/mol. The van der Waals surface area contributed by atoms with E-state index in [0.717, 1.165) is 5.92 Å². The van der Waals surface area contributed by atoms with Crippen LogP contribution in [0.2, 0.25) is 0 Å². The van der Waals surface area contributed by atoms with E-state index in [1.54, 1.807) is 10.4 Å². The molecule has 1 atom stereocenters. The summed E-state index contributed by atoms with van der Waals surface area (Å²) >= 11 is 2.02. The lowest BCUT2D eigenvalue weighted by atomic mass is 9.84. The summed E-state index contributed by atoms with van der Waals surface area (Å²) < 4.78 is 0. The molecule has 0 aliphatic heterocycles. The second-order valence-electron chi connectivity index (χ2n) is 6.50. The van der Waals surface area contributed by atoms with Gasteiger partial charge in [-0.25, -0.2) is 0 Å². The molecule has 0 saturated heterocycles. The Kier molecular flexibility index (Phi) is 4.60. The second kappa shape index (κ2) is 6.41. The van der Waals surface area contributed by atoms with Gasteiger partial charge in [-0.05, 0) is 49.7 Å². The number of thiophene rings is 1. The molecule has 2 N–H and O–H groups in total. The van der Waals surface area contributed by atoms with Crippen molar-refractivity contribution in [3.05, 3.63) is 21.4 Å². The molecule has 1 unspecified atom stereocenters. The van der Waals surface area contributed by atoms with Gasteiger partial charge in [0.2, 0.25) is 0 Å². The first kappa shape index (κ1) is 13.6. The first-order valence-electron chi connectivity index (χ1n) is 8.20. The van der Waals surface area contributed by atoms with Crippen molar-refractivity contribution >= 4 is 11.3 Å². The summed E-state index contributed by atoms with van der Waals surface area (Å²) in [5, 5.41) is 0. The van der Waals surface area contributed by atoms with E-state index in [1.807, 2.05) is 11.3 Å². The average Bonchev–Trinajstić information content (AvgIpc) is 2.72. The number of nitrogens with two attached hydrogens (primary N) is 1. The van der Waals surface area contributed by atoms with Crippen LogP contribution in [0.5, 0.6) is 0 Å². The predicted molar refractivity (Wildman–Crippen MR) is 83.7 cm³/mol. The third-order valence-corrected chi connectivity index (χ3v) is 6.31. The van der Waals surface area contributed by atoms with Gasteiger partial charge in [0.1, 0.15) is 0 Å². The van der Waals surface area contributed by atoms with Crippen molar-refractivity contribution in [3.8, 4) is 0 Å². The quantitative estimate of drug-likeness (QED) is 0.774. The molecule has 1 saturated carbocycles. The van der Waals surface area contributed by atoms with E-state index in [2.05, 4.69) is 6.07 Å². The molecule has 3 rings (SSSR count). The standard InChI is InChI=1S/C17H27NS/c18-15(11-13-7-3-1-4-8-13)17-12-14-9-5-2-6-10-16(14)19-17/h12-13,15H,1-11,18H2. The Morgan fingerprint density at radius 2 is 1.79 bits per heavy atom. The molecule has 0 bridgehead atoms. The molecule has 1 aromatic heterocycles. The van der Waals surface area contributed by atoms with E-state index < -0.39 is 0 Å². The van der Waals surface area contributed by atoms with Gasteiger partial charge in [0, 0.05) is 15.8 Å². The van der Waals surface area contributed by atoms with Gasteiger partial charge >= 0.3 is 0 Å². The summed E-state index contributed by atoms with van der Waals surface area (Å²) in [5.74, 6) is 0.894. The highest BCUT2D eigenvalue weighted by atomic mass is 32.1. The van der Waals surface area contributed by atoms with Crippen molar-refractivity contribution in [2.24, 2.45) is 11.7 Å². The van der Waals surface area contributed by atoms with Crippen molar-refractivity contribution in [1.29, 1.82) is 0 Å². The Morgan fingerprint density at radius 3 is 2.63 bits per heavy atom. The van der Waals surface area contributed by atoms with Crippen LogP contribution in [0.15, 0.2) is 6.07 Å². The minimum atomic E-state index is 0.306. The fraction of sp³-hybridized carbons (Fsp3) is 0.765. The molecule has 0 radical (unpaired) electrons. The summed E-state index contributed by atoms with van der Waals surface area (Å²) in [6.45, 7) is 0. The molecule has 0 amide bonds. The van der Waals surface area contributed by atoms with Crippen LogP contribution in [0.1, 0.15) is 79.1 Å². The monoisotopic (exact) mass is 277 g/mol. The van der Waals surface area contributed by atoms with Gasteiger partial charge in [0.25, 0.3) is 0 Å². The zero-order chi connectivity index (χ0) is 13.1. The third-order valence-electron chi connectivity index (χ3n) is 4.94. The summed E-state index contributed by atoms with van der Waals surface area (Å²) in [4.78, 5) is 3.11. The Balaban J connectivity index is 1.64. The van der Waals surface area contributed by atoms with Crippen LogP contribution in [-0.4, -0.2) is 0 Å². The number of fused-ring (bicyclic) bond motifs is 1. The molecular formula is C17H27NS. The summed E-state index contributed by atoms with van der Waals surface area (Å²) in [7, 11) is 0. The topological polar surface area (TPSA) is 26.0 Å². The van der Waals surface area contributed by atoms with Crippen LogP contribution in [0.25, 0.3) is 0 Å². The second-order valence-corrected chi connectivity index (χ2v) is 7.67. The molecule has 2 heteroatoms. The molecule has 1 fully saturated rings. The number of rotatable bonds is 3. The van der Waals surface area contributed by atoms with Gasteiger partial charge in [-0.1, -0.05) is 38.5 Å². The van der Waals surface area contributed by atoms with E-state index >= 15 is 0 Å². The molecule has 2 aliphatic rings. The lowest BCUT2D eigenvalue weighted by molar-refractivity contribution is 0.320. The Morgan fingerprint density at radius 1 is 1.05 bits per heavy atom. The van der Waals surface area contributed by atoms with E-state index in [1.165, 1.54) is 75.5 Å². The van der Waals surface area contributed by atoms with Gasteiger partial charge in [-0.3, -0.25) is 0 Å². The summed E-state index contributed by atoms with van der Waals surface area (Å²) in [5.41, 5.74) is 8.11. The molecule has 1 aromatic rings. The lowest BCUT2D eigenvalue weighted by Gasteiger charge is -2.24. The molecule has 19 heavy (non-hydrogen) atoms. The van der Waals surface area contributed by atoms with Crippen molar-refractivity contribution in [2.75, 3.05) is 0 Å². The number of aryl methyl sites for hydroxylation is 2. The molecule has 0 spiro atoms. The van der Waals surface area contributed by atoms with Crippen LogP contribution in [0.3, 0.4) is 0 Å². The van der Waals surface area contributed by atoms with Crippen LogP contribution in [-0.2, 0) is 12.8 Å². The highest BCUT2D eigenvalue weighted by molar-refractivity contribution is 7.12. The maximum absolute atomic E-state index is 6.49. The molecule has 1 nitrogen and oxygen atoms in total. The molecule has 2 aliphatic carbocycles. The van der Waals surface area contributed by atoms with Gasteiger partial charge in [0.15, 0.2) is 0 Å². The maximum Gasteiger partial charge on any atom is 0.0392 e. The van der Waals surface area contributed by atoms with E-state index in [9.17, 15) is 0 Å². The number of hydrogen-bond acceptors (Lipinski definition) is 2. The summed E-state index contributed by atoms with van der Waals surface area (Å²) in [6.07, 6.45) is 15.1. The highest BCUT2D eigenvalue weighted by Crippen LogP contribution is 2.36. The Labute approximate surface area is 121 Å². The number of hydrogen-bond donors (Lipinski definition) is 1. The lowest BCUT2D eigenvalue weighted by Crippen LogP contribution is -2.16. The Hall–Kier alpha value is -0.340. The average molecular weight is 277 g/mol. The minimum Gasteiger partial charge on any atom is -0.323 e. The van der Waals surface area contributed by atoms with Crippen molar-refractivity contribution in [2.45, 2.75) is 76.7 Å². The first-order valence-corrected chi connectivity index (χ1v) is 9.01. The van der Waals surface area contributed by atoms with Gasteiger partial charge in [-0.2, -0.15) is 0 Å². The smallest absolute Gasteiger partial charge is 0.0392 e. The predicted octanol–water partition coefficient (Wildman–Crippen LogP) is 4.99. The van der Waals surface area contributed by atoms with E-state index in [-0.39, 0.29) is 0 Å². The van der Waals surface area contributed by atoms with Crippen LogP contribution in [0.4, 0.5) is 0 Å². The van der Waals surface area contributed by atoms with Crippen molar-refractivity contribution < 1.29 is 0 Å². The van der Waals surface area contributed by atoms with Crippen LogP contribution >= 0.6 is 11.3 Å². The first-order chi connectivity index (χ1) is 9.33. The molecule has 106 valence electrons. The molecule has 0 aromatic carbocycles. The fourth-order valence-corrected chi connectivity index (χ4v) is 5.04. The van der Waals surface area contributed by atoms with E-state index in [4.69, 9.17) is 5.73 Å². The summed E-state index contributed by atoms with van der Waals surface area (Å²) in [6, 6.07) is 2.75. The SMILES string of the molecule is NC(CC1CCCCC1)c1cc2c(s1)CCCCC2. The van der Waals surface area contributed by atoms with Gasteiger partial charge < -0.3 is 5.73 Å². The van der Waals surface area contributed by atoms with Gasteiger partial charge in [-0.15, -0.1) is 11.3 Å². The van der Waals surface area contributed by atoms with Crippen LogP contribution in [0, 0.1) is 5.92 Å². The molecule has 1 heterocycles. The third kappa shape index (κ3) is 3.41. The van der Waals surface area contributed by atoms with Gasteiger partial charge in [0.05, 0.1) is 0 Å².